The van der Waals surface area contributed by atoms with Crippen LogP contribution in [0.5, 0.6) is 0 Å². The summed E-state index contributed by atoms with van der Waals surface area (Å²) in [5, 5.41) is 26.9. The van der Waals surface area contributed by atoms with E-state index < -0.39 is 11.9 Å². The fraction of sp³-hybridized carbons (Fsp3) is 0.688. The third-order valence-corrected chi connectivity index (χ3v) is 19.9. The molecule has 4 aromatic rings. The normalized spacial score (nSPS) is 30.9. The minimum atomic E-state index is -0.942. The fourth-order valence-corrected chi connectivity index (χ4v) is 17.0. The van der Waals surface area contributed by atoms with Gasteiger partial charge in [0, 0.05) is 61.2 Å². The molecule has 434 valence electrons. The van der Waals surface area contributed by atoms with Crippen LogP contribution in [0.1, 0.15) is 218 Å². The molecule has 12 rings (SSSR count). The lowest BCUT2D eigenvalue weighted by atomic mass is 9.68. The number of carboxylic acid groups (broad SMARTS) is 2. The van der Waals surface area contributed by atoms with E-state index in [1.165, 1.54) is 129 Å². The maximum absolute atomic E-state index is 14.3. The zero-order valence-electron chi connectivity index (χ0n) is 47.1. The number of piperidine rings is 4. The second kappa shape index (κ2) is 25.8. The number of nitrogens with zero attached hydrogens (tertiary/aromatic N) is 8. The molecule has 4 saturated heterocycles. The number of hydrogen-bond acceptors (Lipinski definition) is 12. The summed E-state index contributed by atoms with van der Waals surface area (Å²) in [6.45, 7) is 3.72. The number of oxime groups is 2. The zero-order valence-corrected chi connectivity index (χ0v) is 47.1. The van der Waals surface area contributed by atoms with E-state index >= 15 is 0 Å². The summed E-state index contributed by atoms with van der Waals surface area (Å²) in [6.07, 6.45) is 29.2. The van der Waals surface area contributed by atoms with Gasteiger partial charge < -0.3 is 29.0 Å². The Balaban J connectivity index is 0.000000178. The molecular formula is C64H90N8O8. The highest BCUT2D eigenvalue weighted by atomic mass is 16.6. The third-order valence-electron chi connectivity index (χ3n) is 19.9. The molecule has 16 nitrogen and oxygen atoms in total. The molecule has 80 heavy (non-hydrogen) atoms. The first kappa shape index (κ1) is 57.7. The number of rotatable bonds is 15. The topological polar surface area (TPSA) is 194 Å². The predicted octanol–water partition coefficient (Wildman–Crippen LogP) is 12.1. The molecule has 4 unspecified atom stereocenters. The van der Waals surface area contributed by atoms with Crippen LogP contribution < -0.4 is 11.1 Å². The zero-order chi connectivity index (χ0) is 54.7. The fourth-order valence-electron chi connectivity index (χ4n) is 17.0. The van der Waals surface area contributed by atoms with Gasteiger partial charge in [0.2, 0.25) is 0 Å². The minimum absolute atomic E-state index is 0. The summed E-state index contributed by atoms with van der Waals surface area (Å²) in [5.41, 5.74) is 3.83. The molecule has 16 heteroatoms. The molecule has 12 atom stereocenters. The van der Waals surface area contributed by atoms with Crippen molar-refractivity contribution < 1.29 is 29.5 Å². The summed E-state index contributed by atoms with van der Waals surface area (Å²) in [5.74, 6) is 1.72. The highest BCUT2D eigenvalue weighted by Crippen LogP contribution is 2.49. The number of aromatic nitrogens is 4. The molecule has 8 aliphatic rings. The van der Waals surface area contributed by atoms with E-state index in [-0.39, 0.29) is 73.8 Å². The SMILES string of the molecule is C.CC(C)O/N=C(\CCC(=O)O)c1nc2ccccc2n(C2C[C@H]3CCC[C@@H](C2)N3C2C[C@H]3CCC[C@@H](C2)C3)c1=O.CO/N=C(\CCC(=O)O)c1nc2ccccc2n(C2C[C@H]3CCC[C@@H](C2)N3C2C[C@H]3CCCC[C@@H](C2)C3)c1=O. The number of fused-ring (bicyclic) bond motifs is 10. The Bertz CT molecular complexity index is 2950. The number of para-hydroxylation sites is 4. The second-order valence-electron chi connectivity index (χ2n) is 25.5. The number of aliphatic carboxylic acids is 2. The van der Waals surface area contributed by atoms with Crippen LogP contribution in [0.15, 0.2) is 68.4 Å². The van der Waals surface area contributed by atoms with Crippen molar-refractivity contribution in [2.24, 2.45) is 34.0 Å². The van der Waals surface area contributed by atoms with Crippen LogP contribution in [-0.4, -0.2) is 112 Å². The van der Waals surface area contributed by atoms with Gasteiger partial charge in [-0.05, 0) is 152 Å². The molecule has 4 aliphatic carbocycles. The van der Waals surface area contributed by atoms with E-state index in [0.717, 1.165) is 71.4 Å². The molecule has 4 aliphatic heterocycles. The van der Waals surface area contributed by atoms with Crippen LogP contribution in [0.25, 0.3) is 22.1 Å². The Kier molecular flexibility index (Phi) is 18.6. The van der Waals surface area contributed by atoms with Gasteiger partial charge in [-0.1, -0.05) is 99.8 Å². The van der Waals surface area contributed by atoms with Gasteiger partial charge in [-0.3, -0.25) is 29.0 Å². The lowest BCUT2D eigenvalue weighted by molar-refractivity contribution is -0.137. The summed E-state index contributed by atoms with van der Waals surface area (Å²) in [6, 6.07) is 19.2. The van der Waals surface area contributed by atoms with Crippen LogP contribution in [-0.2, 0) is 19.3 Å². The van der Waals surface area contributed by atoms with Crippen molar-refractivity contribution in [1.29, 1.82) is 0 Å². The molecule has 0 radical (unpaired) electrons. The smallest absolute Gasteiger partial charge is 0.303 e. The first-order valence-corrected chi connectivity index (χ1v) is 30.7. The standard InChI is InChI=1S/C32H44N4O4.C31H42N4O4.CH4/c1-20(2)40-34-28(13-14-30(37)38)31-32(39)36(29-12-4-3-11-27(29)33-31)26-18-23-9-6-10-24(19-26)35(23)25-16-21-7-5-8-22(15-21)17-25;1-39-33-27(13-14-29(36)37)30-31(38)35(28-12-5-4-11-26(28)32-30)25-18-22-9-6-10-23(19-25)34(22)24-16-20-7-2-3-8-21(15-20)17-24;/h3-4,11-12,20-26H,5-10,13-19H2,1-2H3,(H,37,38);4-5,11-12,20-25H,2-3,6-10,13-19H2,1H3,(H,36,37);1H4/b34-28+;33-27+;/t21-,22+,23-,24+,25?,26?;20-,21+,22-,23+,24?,25?;. The van der Waals surface area contributed by atoms with Gasteiger partial charge in [-0.15, -0.1) is 0 Å². The summed E-state index contributed by atoms with van der Waals surface area (Å²) in [7, 11) is 1.42. The number of benzene rings is 2. The first-order valence-electron chi connectivity index (χ1n) is 30.7. The Hall–Kier alpha value is -5.48. The average Bonchev–Trinajstić information content (AvgIpc) is 3.74. The number of carboxylic acids is 2. The molecule has 8 bridgehead atoms. The highest BCUT2D eigenvalue weighted by Gasteiger charge is 2.47. The van der Waals surface area contributed by atoms with Crippen molar-refractivity contribution in [3.8, 4) is 0 Å². The quantitative estimate of drug-likeness (QED) is 0.0846. The van der Waals surface area contributed by atoms with Gasteiger partial charge >= 0.3 is 11.9 Å². The molecule has 8 fully saturated rings. The molecular weight excluding hydrogens is 1010 g/mol. The van der Waals surface area contributed by atoms with E-state index in [0.29, 0.717) is 47.7 Å². The van der Waals surface area contributed by atoms with Crippen molar-refractivity contribution in [2.75, 3.05) is 7.11 Å². The Morgan fingerprint density at radius 2 is 0.887 bits per heavy atom. The highest BCUT2D eigenvalue weighted by molar-refractivity contribution is 6.01. The van der Waals surface area contributed by atoms with Gasteiger partial charge in [0.1, 0.15) is 24.6 Å². The van der Waals surface area contributed by atoms with Crippen molar-refractivity contribution in [2.45, 2.75) is 249 Å². The summed E-state index contributed by atoms with van der Waals surface area (Å²) in [4.78, 5) is 76.9. The lowest BCUT2D eigenvalue weighted by Crippen LogP contribution is -2.58. The van der Waals surface area contributed by atoms with Crippen LogP contribution in [0.3, 0.4) is 0 Å². The van der Waals surface area contributed by atoms with Crippen LogP contribution in [0.2, 0.25) is 0 Å². The first-order chi connectivity index (χ1) is 38.4. The van der Waals surface area contributed by atoms with E-state index in [4.69, 9.17) is 14.7 Å². The van der Waals surface area contributed by atoms with Crippen LogP contribution in [0, 0.1) is 23.7 Å². The molecule has 2 aromatic carbocycles. The second-order valence-corrected chi connectivity index (χ2v) is 25.5. The van der Waals surface area contributed by atoms with E-state index in [1.807, 2.05) is 71.5 Å². The van der Waals surface area contributed by atoms with E-state index in [2.05, 4.69) is 25.1 Å². The molecule has 0 spiro atoms. The van der Waals surface area contributed by atoms with E-state index in [9.17, 15) is 29.4 Å². The average molecular weight is 1100 g/mol. The Labute approximate surface area is 472 Å². The van der Waals surface area contributed by atoms with Gasteiger partial charge in [0.05, 0.1) is 34.9 Å². The monoisotopic (exact) mass is 1100 g/mol. The molecule has 2 aromatic heterocycles. The van der Waals surface area contributed by atoms with Gasteiger partial charge in [-0.2, -0.15) is 0 Å². The van der Waals surface area contributed by atoms with E-state index in [1.54, 1.807) is 0 Å². The van der Waals surface area contributed by atoms with Crippen LogP contribution >= 0.6 is 0 Å². The molecule has 6 heterocycles. The summed E-state index contributed by atoms with van der Waals surface area (Å²) >= 11 is 0. The van der Waals surface area contributed by atoms with Gasteiger partial charge in [0.25, 0.3) is 11.1 Å². The lowest BCUT2D eigenvalue weighted by Gasteiger charge is -2.55. The predicted molar refractivity (Wildman–Crippen MR) is 313 cm³/mol. The molecule has 2 N–H and O–H groups in total. The van der Waals surface area contributed by atoms with Crippen molar-refractivity contribution in [1.82, 2.24) is 28.9 Å². The maximum Gasteiger partial charge on any atom is 0.303 e. The minimum Gasteiger partial charge on any atom is -0.481 e. The van der Waals surface area contributed by atoms with Crippen LogP contribution in [0.4, 0.5) is 0 Å². The maximum atomic E-state index is 14.3. The Morgan fingerprint density at radius 3 is 1.27 bits per heavy atom. The van der Waals surface area contributed by atoms with Gasteiger partial charge in [0.15, 0.2) is 11.4 Å². The Morgan fingerprint density at radius 1 is 0.512 bits per heavy atom. The van der Waals surface area contributed by atoms with Crippen molar-refractivity contribution >= 4 is 45.4 Å². The number of carbonyl (C=O) groups is 2. The summed E-state index contributed by atoms with van der Waals surface area (Å²) < 4.78 is 3.94. The van der Waals surface area contributed by atoms with Gasteiger partial charge in [-0.25, -0.2) is 9.97 Å². The molecule has 0 amide bonds. The van der Waals surface area contributed by atoms with Crippen molar-refractivity contribution in [3.05, 3.63) is 80.6 Å². The largest absolute Gasteiger partial charge is 0.481 e. The molecule has 4 saturated carbocycles. The van der Waals surface area contributed by atoms with Crippen molar-refractivity contribution in [3.63, 3.8) is 0 Å². The third kappa shape index (κ3) is 12.6. The number of hydrogen-bond donors (Lipinski definition) is 2.